The zero-order chi connectivity index (χ0) is 51.2. The Hall–Kier alpha value is -5.17. The van der Waals surface area contributed by atoms with Gasteiger partial charge < -0.3 is 53.5 Å². The van der Waals surface area contributed by atoms with Gasteiger partial charge in [-0.1, -0.05) is 45.0 Å². The van der Waals surface area contributed by atoms with E-state index in [1.165, 1.54) is 25.8 Å². The first-order valence-corrected chi connectivity index (χ1v) is 22.6. The number of hydrogen-bond donors (Lipinski definition) is 8. The van der Waals surface area contributed by atoms with Crippen LogP contribution in [0.1, 0.15) is 148 Å². The fourth-order valence-corrected chi connectivity index (χ4v) is 4.74. The van der Waals surface area contributed by atoms with E-state index in [1.54, 1.807) is 0 Å². The van der Waals surface area contributed by atoms with Gasteiger partial charge in [0, 0.05) is 56.8 Å². The van der Waals surface area contributed by atoms with Crippen molar-refractivity contribution < 1.29 is 38.6 Å². The number of rotatable bonds is 17. The van der Waals surface area contributed by atoms with Crippen molar-refractivity contribution in [2.75, 3.05) is 0 Å². The van der Waals surface area contributed by atoms with Crippen molar-refractivity contribution >= 4 is 29.6 Å². The number of carboxylic acids is 1. The van der Waals surface area contributed by atoms with Gasteiger partial charge in [-0.2, -0.15) is 0 Å². The van der Waals surface area contributed by atoms with Crippen molar-refractivity contribution in [3.8, 4) is 23.3 Å². The highest BCUT2D eigenvalue weighted by Crippen LogP contribution is 2.16. The first-order chi connectivity index (χ1) is 30.0. The minimum Gasteiger partial charge on any atom is -0.491 e. The van der Waals surface area contributed by atoms with E-state index in [-0.39, 0.29) is 60.5 Å². The van der Waals surface area contributed by atoms with E-state index in [4.69, 9.17) is 37.5 Å². The highest BCUT2D eigenvalue weighted by atomic mass is 16.5. The van der Waals surface area contributed by atoms with E-state index in [0.717, 1.165) is 29.9 Å². The smallest absolute Gasteiger partial charge is 0.320 e. The molecule has 2 aromatic rings. The molecule has 2 rings (SSSR count). The lowest BCUT2D eigenvalue weighted by Crippen LogP contribution is -2.43. The number of benzene rings is 2. The Kier molecular flexibility index (Phi) is 41.2. The summed E-state index contributed by atoms with van der Waals surface area (Å²) in [7, 11) is 0. The summed E-state index contributed by atoms with van der Waals surface area (Å²) in [5, 5.41) is 16.7. The molecule has 0 heterocycles. The molecule has 0 aliphatic rings. The van der Waals surface area contributed by atoms with Crippen LogP contribution in [-0.4, -0.2) is 83.2 Å². The number of ether oxygens (including phenoxy) is 2. The minimum absolute atomic E-state index is 0.0370. The summed E-state index contributed by atoms with van der Waals surface area (Å²) >= 11 is 0. The molecule has 12 N–H and O–H groups in total. The fraction of sp³-hybridized carbons (Fsp3) is 0.620. The minimum atomic E-state index is -0.984. The molecule has 0 saturated heterocycles. The van der Waals surface area contributed by atoms with Gasteiger partial charge in [-0.25, -0.2) is 0 Å². The van der Waals surface area contributed by atoms with Gasteiger partial charge in [0.25, 0.3) is 0 Å². The molecule has 0 aliphatic carbocycles. The number of unbranched alkanes of at least 4 members (excludes halogenated alkanes) is 1. The Morgan fingerprint density at radius 2 is 1.12 bits per heavy atom. The second-order valence-electron chi connectivity index (χ2n) is 17.2. The number of carbonyl (C=O) groups excluding carboxylic acids is 4. The van der Waals surface area contributed by atoms with Crippen LogP contribution in [0.2, 0.25) is 0 Å². The van der Waals surface area contributed by atoms with Crippen LogP contribution in [0.15, 0.2) is 48.5 Å². The lowest BCUT2D eigenvalue weighted by atomic mass is 10.1. The molecule has 0 fully saturated rings. The number of nitrogens with two attached hydrogens (primary N) is 4. The van der Waals surface area contributed by atoms with Crippen LogP contribution in [0, 0.1) is 17.8 Å². The number of amides is 4. The lowest BCUT2D eigenvalue weighted by Gasteiger charge is -2.13. The van der Waals surface area contributed by atoms with Gasteiger partial charge in [0.15, 0.2) is 0 Å². The highest BCUT2D eigenvalue weighted by molar-refractivity contribution is 5.82. The maximum absolute atomic E-state index is 11.2. The number of primary amides is 1. The van der Waals surface area contributed by atoms with Gasteiger partial charge in [-0.05, 0) is 137 Å². The molecule has 0 aliphatic heterocycles. The largest absolute Gasteiger partial charge is 0.491 e. The van der Waals surface area contributed by atoms with Crippen LogP contribution >= 0.6 is 0 Å². The molecule has 3 atom stereocenters. The standard InChI is InChI=1S/C12H17NO3.C12H19NO.C8H17N3O2.C8H14.2C5H11NO/c1-8(2)16-10-5-3-9(4-6-10)7-11(13)12(14)15;1-9(2)14-12-6-4-5-11(8-12)7-10(3)13;1-5(2)11-8(13)6(9)3-4-7(10)12;1-4-5-6-7-8(2)3;2*1-4(2)6-5(3)7/h3-6,8,11H,7,13H2,1-2H3,(H,14,15);4-6,8-10H,7,13H2,1-3H3;5-6H,3-4,9H2,1-2H3,(H2,10,12)(H,11,13);8H,4-5H2,1-3H3;2*4H,1-3H3,(H,6,7). The van der Waals surface area contributed by atoms with Crippen LogP contribution in [0.3, 0.4) is 0 Å². The molecular formula is C50H89N7O8. The molecule has 15 nitrogen and oxygen atoms in total. The summed E-state index contributed by atoms with van der Waals surface area (Å²) in [5.41, 5.74) is 23.7. The van der Waals surface area contributed by atoms with Gasteiger partial charge in [-0.3, -0.25) is 24.0 Å². The van der Waals surface area contributed by atoms with E-state index < -0.39 is 24.0 Å². The zero-order valence-electron chi connectivity index (χ0n) is 42.7. The van der Waals surface area contributed by atoms with Crippen molar-refractivity contribution in [3.05, 3.63) is 59.7 Å². The normalized spacial score (nSPS) is 11.4. The molecule has 0 radical (unpaired) electrons. The molecule has 0 aromatic heterocycles. The maximum Gasteiger partial charge on any atom is 0.320 e. The molecule has 65 heavy (non-hydrogen) atoms. The summed E-state index contributed by atoms with van der Waals surface area (Å²) in [6, 6.07) is 14.8. The molecule has 2 aromatic carbocycles. The Balaban J connectivity index is -0.000000354. The van der Waals surface area contributed by atoms with Crippen LogP contribution in [-0.2, 0) is 36.8 Å². The molecule has 15 heteroatoms. The van der Waals surface area contributed by atoms with E-state index in [9.17, 15) is 24.0 Å². The summed E-state index contributed by atoms with van der Waals surface area (Å²) < 4.78 is 11.1. The summed E-state index contributed by atoms with van der Waals surface area (Å²) in [5.74, 6) is 6.85. The van der Waals surface area contributed by atoms with E-state index >= 15 is 0 Å². The van der Waals surface area contributed by atoms with Crippen molar-refractivity contribution in [1.82, 2.24) is 16.0 Å². The third-order valence-electron chi connectivity index (χ3n) is 7.11. The van der Waals surface area contributed by atoms with Crippen LogP contribution in [0.4, 0.5) is 0 Å². The van der Waals surface area contributed by atoms with Crippen LogP contribution in [0.25, 0.3) is 0 Å². The number of carbonyl (C=O) groups is 5. The Bertz CT molecular complexity index is 1590. The Morgan fingerprint density at radius 3 is 1.48 bits per heavy atom. The molecule has 4 amide bonds. The quantitative estimate of drug-likeness (QED) is 0.0805. The van der Waals surface area contributed by atoms with E-state index in [0.29, 0.717) is 18.8 Å². The van der Waals surface area contributed by atoms with Gasteiger partial charge >= 0.3 is 5.97 Å². The molecule has 3 unspecified atom stereocenters. The fourth-order valence-electron chi connectivity index (χ4n) is 4.74. The molecule has 0 spiro atoms. The van der Waals surface area contributed by atoms with E-state index in [2.05, 4.69) is 60.7 Å². The molecule has 0 bridgehead atoms. The highest BCUT2D eigenvalue weighted by Gasteiger charge is 2.15. The Labute approximate surface area is 392 Å². The Morgan fingerprint density at radius 1 is 0.646 bits per heavy atom. The summed E-state index contributed by atoms with van der Waals surface area (Å²) in [6.45, 7) is 30.8. The second-order valence-corrected chi connectivity index (χ2v) is 17.2. The van der Waals surface area contributed by atoms with Crippen molar-refractivity contribution in [3.63, 3.8) is 0 Å². The van der Waals surface area contributed by atoms with Gasteiger partial charge in [0.05, 0.1) is 18.2 Å². The van der Waals surface area contributed by atoms with Crippen molar-refractivity contribution in [2.24, 2.45) is 28.9 Å². The van der Waals surface area contributed by atoms with Gasteiger partial charge in [0.1, 0.15) is 17.5 Å². The SMILES string of the molecule is CC(=O)NC(C)C.CC(=O)NC(C)C.CC(C)NC(=O)C(N)CCC(N)=O.CC(C)Oc1ccc(CC(N)C(=O)O)cc1.CC(N)Cc1cccc(OC(C)C)c1.CCCC#CC(C)C. The third-order valence-corrected chi connectivity index (χ3v) is 7.11. The number of hydrogen-bond acceptors (Lipinski definition) is 10. The topological polar surface area (TPSA) is 264 Å². The first-order valence-electron chi connectivity index (χ1n) is 22.6. The van der Waals surface area contributed by atoms with E-state index in [1.807, 2.05) is 113 Å². The van der Waals surface area contributed by atoms with Gasteiger partial charge in [0.2, 0.25) is 23.6 Å². The van der Waals surface area contributed by atoms with Crippen molar-refractivity contribution in [1.29, 1.82) is 0 Å². The number of carboxylic acid groups (broad SMARTS) is 1. The molecule has 0 saturated carbocycles. The third kappa shape index (κ3) is 51.3. The second kappa shape index (κ2) is 40.3. The maximum atomic E-state index is 11.2. The molecule has 372 valence electrons. The van der Waals surface area contributed by atoms with Gasteiger partial charge in [-0.15, -0.1) is 11.8 Å². The average Bonchev–Trinajstić information content (AvgIpc) is 3.14. The molecular weight excluding hydrogens is 827 g/mol. The number of nitrogens with one attached hydrogen (secondary N) is 3. The predicted molar refractivity (Wildman–Crippen MR) is 266 cm³/mol. The summed E-state index contributed by atoms with van der Waals surface area (Å²) in [4.78, 5) is 52.4. The van der Waals surface area contributed by atoms with Crippen LogP contribution < -0.4 is 48.4 Å². The van der Waals surface area contributed by atoms with Crippen LogP contribution in [0.5, 0.6) is 11.5 Å². The summed E-state index contributed by atoms with van der Waals surface area (Å²) in [6.07, 6.45) is 4.26. The lowest BCUT2D eigenvalue weighted by molar-refractivity contribution is -0.138. The monoisotopic (exact) mass is 916 g/mol. The number of aliphatic carboxylic acids is 1. The first kappa shape index (κ1) is 66.4. The average molecular weight is 916 g/mol. The zero-order valence-corrected chi connectivity index (χ0v) is 42.7. The van der Waals surface area contributed by atoms with Crippen molar-refractivity contribution in [2.45, 2.75) is 198 Å². The predicted octanol–water partition coefficient (Wildman–Crippen LogP) is 6.40.